The van der Waals surface area contributed by atoms with Crippen molar-refractivity contribution in [3.63, 3.8) is 0 Å². The predicted molar refractivity (Wildman–Crippen MR) is 56.4 cm³/mol. The molecule has 1 aromatic rings. The fraction of sp³-hybridized carbons (Fsp3) is 0.636. The van der Waals surface area contributed by atoms with Crippen molar-refractivity contribution in [2.75, 3.05) is 0 Å². The Kier molecular flexibility index (Phi) is 4.97. The van der Waals surface area contributed by atoms with Crippen LogP contribution in [0, 0.1) is 0 Å². The molecular formula is C11H18N2O. The molecule has 0 fully saturated rings. The van der Waals surface area contributed by atoms with Crippen molar-refractivity contribution in [1.29, 1.82) is 0 Å². The van der Waals surface area contributed by atoms with Crippen LogP contribution in [0.4, 0.5) is 0 Å². The van der Waals surface area contributed by atoms with Crippen molar-refractivity contribution in [3.05, 3.63) is 18.2 Å². The Balaban J connectivity index is 2.21. The van der Waals surface area contributed by atoms with Gasteiger partial charge in [0.15, 0.2) is 6.29 Å². The van der Waals surface area contributed by atoms with Crippen LogP contribution < -0.4 is 0 Å². The highest BCUT2D eigenvalue weighted by Crippen LogP contribution is 2.05. The third kappa shape index (κ3) is 3.32. The Hall–Kier alpha value is -1.12. The third-order valence-electron chi connectivity index (χ3n) is 2.37. The van der Waals surface area contributed by atoms with Crippen LogP contribution in [0.1, 0.15) is 49.5 Å². The molecule has 1 aromatic heterocycles. The summed E-state index contributed by atoms with van der Waals surface area (Å²) in [6.45, 7) is 3.12. The molecule has 1 heterocycles. The molecule has 3 nitrogen and oxygen atoms in total. The van der Waals surface area contributed by atoms with Gasteiger partial charge >= 0.3 is 0 Å². The number of unbranched alkanes of at least 4 members (excludes halogenated alkanes) is 4. The van der Waals surface area contributed by atoms with Gasteiger partial charge in [-0.3, -0.25) is 4.79 Å². The number of hydrogen-bond donors (Lipinski definition) is 0. The fourth-order valence-corrected chi connectivity index (χ4v) is 1.50. The largest absolute Gasteiger partial charge is 0.328 e. The molecule has 0 N–H and O–H groups in total. The van der Waals surface area contributed by atoms with E-state index < -0.39 is 0 Å². The molecule has 0 aliphatic carbocycles. The number of aryl methyl sites for hydroxylation is 1. The number of aldehydes is 1. The molecule has 0 saturated carbocycles. The molecular weight excluding hydrogens is 176 g/mol. The topological polar surface area (TPSA) is 34.9 Å². The zero-order valence-corrected chi connectivity index (χ0v) is 8.78. The maximum atomic E-state index is 10.6. The molecule has 3 heteroatoms. The van der Waals surface area contributed by atoms with E-state index in [2.05, 4.69) is 11.9 Å². The molecule has 78 valence electrons. The van der Waals surface area contributed by atoms with Crippen molar-refractivity contribution in [1.82, 2.24) is 9.55 Å². The molecule has 0 aromatic carbocycles. The van der Waals surface area contributed by atoms with Gasteiger partial charge in [-0.25, -0.2) is 4.98 Å². The highest BCUT2D eigenvalue weighted by Gasteiger charge is 1.98. The van der Waals surface area contributed by atoms with E-state index in [1.807, 2.05) is 4.57 Å². The summed E-state index contributed by atoms with van der Waals surface area (Å²) in [5, 5.41) is 0. The Morgan fingerprint density at radius 3 is 2.86 bits per heavy atom. The van der Waals surface area contributed by atoms with Gasteiger partial charge in [-0.05, 0) is 6.42 Å². The summed E-state index contributed by atoms with van der Waals surface area (Å²) < 4.78 is 1.92. The molecule has 0 spiro atoms. The maximum absolute atomic E-state index is 10.6. The van der Waals surface area contributed by atoms with E-state index in [0.29, 0.717) is 5.69 Å². The van der Waals surface area contributed by atoms with E-state index in [9.17, 15) is 4.79 Å². The molecule has 0 radical (unpaired) electrons. The Labute approximate surface area is 85.2 Å². The molecule has 0 unspecified atom stereocenters. The van der Waals surface area contributed by atoms with E-state index in [-0.39, 0.29) is 0 Å². The van der Waals surface area contributed by atoms with Crippen LogP contribution in [0.15, 0.2) is 12.5 Å². The molecule has 0 aliphatic rings. The normalized spacial score (nSPS) is 10.4. The van der Waals surface area contributed by atoms with Gasteiger partial charge in [0.1, 0.15) is 5.69 Å². The summed E-state index contributed by atoms with van der Waals surface area (Å²) in [5.41, 5.74) is 0.681. The second-order valence-electron chi connectivity index (χ2n) is 3.54. The number of imidazole rings is 1. The van der Waals surface area contributed by atoms with Crippen molar-refractivity contribution in [2.24, 2.45) is 0 Å². The van der Waals surface area contributed by atoms with Crippen molar-refractivity contribution >= 4 is 6.29 Å². The minimum atomic E-state index is 0.681. The van der Waals surface area contributed by atoms with Gasteiger partial charge in [0, 0.05) is 6.54 Å². The van der Waals surface area contributed by atoms with E-state index in [4.69, 9.17) is 0 Å². The first kappa shape index (κ1) is 11.0. The van der Waals surface area contributed by atoms with Crippen molar-refractivity contribution in [2.45, 2.75) is 45.6 Å². The van der Waals surface area contributed by atoms with Gasteiger partial charge in [-0.2, -0.15) is 0 Å². The highest BCUT2D eigenvalue weighted by molar-refractivity contribution is 5.71. The fourth-order valence-electron chi connectivity index (χ4n) is 1.50. The predicted octanol–water partition coefficient (Wildman–Crippen LogP) is 2.67. The summed E-state index contributed by atoms with van der Waals surface area (Å²) in [6, 6.07) is 0. The lowest BCUT2D eigenvalue weighted by molar-refractivity contribution is 0.111. The standard InChI is InChI=1S/C11H18N2O/c1-2-3-4-5-6-7-13-10-12-8-11(13)9-14/h8-10H,2-7H2,1H3. The van der Waals surface area contributed by atoms with E-state index in [0.717, 1.165) is 19.3 Å². The number of rotatable bonds is 7. The van der Waals surface area contributed by atoms with E-state index >= 15 is 0 Å². The zero-order chi connectivity index (χ0) is 10.2. The highest BCUT2D eigenvalue weighted by atomic mass is 16.1. The average molecular weight is 194 g/mol. The minimum Gasteiger partial charge on any atom is -0.328 e. The molecule has 0 aliphatic heterocycles. The van der Waals surface area contributed by atoms with Gasteiger partial charge in [-0.1, -0.05) is 32.6 Å². The third-order valence-corrected chi connectivity index (χ3v) is 2.37. The quantitative estimate of drug-likeness (QED) is 0.494. The molecule has 0 saturated heterocycles. The Morgan fingerprint density at radius 2 is 2.14 bits per heavy atom. The van der Waals surface area contributed by atoms with Crippen LogP contribution in [0.25, 0.3) is 0 Å². The van der Waals surface area contributed by atoms with Crippen LogP contribution in [-0.4, -0.2) is 15.8 Å². The number of nitrogens with zero attached hydrogens (tertiary/aromatic N) is 2. The molecule has 0 bridgehead atoms. The van der Waals surface area contributed by atoms with Crippen LogP contribution >= 0.6 is 0 Å². The monoisotopic (exact) mass is 194 g/mol. The van der Waals surface area contributed by atoms with Crippen LogP contribution in [-0.2, 0) is 6.54 Å². The average Bonchev–Trinajstić information content (AvgIpc) is 2.65. The minimum absolute atomic E-state index is 0.681. The first-order valence-electron chi connectivity index (χ1n) is 5.33. The van der Waals surface area contributed by atoms with Crippen LogP contribution in [0.5, 0.6) is 0 Å². The zero-order valence-electron chi connectivity index (χ0n) is 8.78. The van der Waals surface area contributed by atoms with Gasteiger partial charge < -0.3 is 4.57 Å². The van der Waals surface area contributed by atoms with E-state index in [1.165, 1.54) is 25.7 Å². The number of hydrogen-bond acceptors (Lipinski definition) is 2. The first-order valence-corrected chi connectivity index (χ1v) is 5.33. The summed E-state index contributed by atoms with van der Waals surface area (Å²) in [4.78, 5) is 14.5. The molecule has 0 atom stereocenters. The SMILES string of the molecule is CCCCCCCn1cncc1C=O. The summed E-state index contributed by atoms with van der Waals surface area (Å²) in [5.74, 6) is 0. The lowest BCUT2D eigenvalue weighted by Gasteiger charge is -2.03. The summed E-state index contributed by atoms with van der Waals surface area (Å²) in [7, 11) is 0. The number of carbonyl (C=O) groups excluding carboxylic acids is 1. The van der Waals surface area contributed by atoms with Gasteiger partial charge in [0.25, 0.3) is 0 Å². The number of carbonyl (C=O) groups is 1. The molecule has 0 amide bonds. The smallest absolute Gasteiger partial charge is 0.168 e. The maximum Gasteiger partial charge on any atom is 0.168 e. The van der Waals surface area contributed by atoms with Crippen LogP contribution in [0.3, 0.4) is 0 Å². The van der Waals surface area contributed by atoms with Crippen molar-refractivity contribution < 1.29 is 4.79 Å². The van der Waals surface area contributed by atoms with Crippen molar-refractivity contribution in [3.8, 4) is 0 Å². The summed E-state index contributed by atoms with van der Waals surface area (Å²) in [6.07, 6.45) is 10.4. The van der Waals surface area contributed by atoms with Gasteiger partial charge in [0.2, 0.25) is 0 Å². The second-order valence-corrected chi connectivity index (χ2v) is 3.54. The number of aromatic nitrogens is 2. The summed E-state index contributed by atoms with van der Waals surface area (Å²) >= 11 is 0. The lowest BCUT2D eigenvalue weighted by Crippen LogP contribution is -2.00. The van der Waals surface area contributed by atoms with Crippen LogP contribution in [0.2, 0.25) is 0 Å². The first-order chi connectivity index (χ1) is 6.88. The molecule has 1 rings (SSSR count). The Morgan fingerprint density at radius 1 is 1.36 bits per heavy atom. The van der Waals surface area contributed by atoms with Gasteiger partial charge in [-0.15, -0.1) is 0 Å². The lowest BCUT2D eigenvalue weighted by atomic mass is 10.1. The van der Waals surface area contributed by atoms with E-state index in [1.54, 1.807) is 12.5 Å². The van der Waals surface area contributed by atoms with Gasteiger partial charge in [0.05, 0.1) is 12.5 Å². The second kappa shape index (κ2) is 6.35. The molecule has 14 heavy (non-hydrogen) atoms. The Bertz CT molecular complexity index is 268.